The van der Waals surface area contributed by atoms with Gasteiger partial charge in [-0.25, -0.2) is 4.39 Å². The van der Waals surface area contributed by atoms with E-state index in [-0.39, 0.29) is 11.7 Å². The summed E-state index contributed by atoms with van der Waals surface area (Å²) in [6, 6.07) is 11.6. The summed E-state index contributed by atoms with van der Waals surface area (Å²) in [5, 5.41) is 6.11. The second-order valence-corrected chi connectivity index (χ2v) is 7.11. The first-order valence-electron chi connectivity index (χ1n) is 9.77. The van der Waals surface area contributed by atoms with Gasteiger partial charge in [0.2, 0.25) is 0 Å². The molecule has 4 nitrogen and oxygen atoms in total. The van der Waals surface area contributed by atoms with Crippen LogP contribution in [0.5, 0.6) is 0 Å². The molecular formula is C22H28FN3O. The molecule has 2 aliphatic heterocycles. The van der Waals surface area contributed by atoms with Crippen LogP contribution in [0, 0.1) is 12.7 Å². The van der Waals surface area contributed by atoms with Gasteiger partial charge in [0, 0.05) is 30.0 Å². The minimum absolute atomic E-state index is 0.225. The number of halogens is 1. The Hall–Kier alpha value is -2.40. The Bertz CT molecular complexity index is 743. The number of nitrogens with one attached hydrogen (secondary N) is 2. The lowest BCUT2D eigenvalue weighted by molar-refractivity contribution is 0.102. The summed E-state index contributed by atoms with van der Waals surface area (Å²) in [6.07, 6.45) is 5.25. The van der Waals surface area contributed by atoms with Gasteiger partial charge in [0.15, 0.2) is 0 Å². The van der Waals surface area contributed by atoms with Crippen molar-refractivity contribution in [3.05, 3.63) is 59.4 Å². The van der Waals surface area contributed by atoms with Crippen molar-refractivity contribution in [3.8, 4) is 0 Å². The lowest BCUT2D eigenvalue weighted by Gasteiger charge is -2.19. The molecular weight excluding hydrogens is 341 g/mol. The predicted molar refractivity (Wildman–Crippen MR) is 109 cm³/mol. The van der Waals surface area contributed by atoms with Gasteiger partial charge in [0.25, 0.3) is 5.91 Å². The molecule has 0 aromatic heterocycles. The van der Waals surface area contributed by atoms with Gasteiger partial charge in [0.05, 0.1) is 0 Å². The van der Waals surface area contributed by atoms with E-state index in [1.165, 1.54) is 68.7 Å². The van der Waals surface area contributed by atoms with Gasteiger partial charge in [-0.05, 0) is 93.7 Å². The number of rotatable bonds is 3. The van der Waals surface area contributed by atoms with Gasteiger partial charge in [-0.15, -0.1) is 0 Å². The maximum Gasteiger partial charge on any atom is 0.255 e. The second kappa shape index (κ2) is 9.51. The average Bonchev–Trinajstić information content (AvgIpc) is 3.40. The van der Waals surface area contributed by atoms with Crippen LogP contribution in [-0.4, -0.2) is 32.1 Å². The number of amides is 1. The van der Waals surface area contributed by atoms with Gasteiger partial charge in [-0.1, -0.05) is 0 Å². The van der Waals surface area contributed by atoms with E-state index in [0.717, 1.165) is 24.3 Å². The van der Waals surface area contributed by atoms with Crippen molar-refractivity contribution >= 4 is 17.3 Å². The maximum absolute atomic E-state index is 12.9. The molecule has 0 spiro atoms. The molecule has 1 amide bonds. The molecule has 0 saturated carbocycles. The maximum atomic E-state index is 12.9. The van der Waals surface area contributed by atoms with E-state index in [4.69, 9.17) is 0 Å². The highest BCUT2D eigenvalue weighted by atomic mass is 19.1. The minimum atomic E-state index is -0.345. The van der Waals surface area contributed by atoms with Crippen molar-refractivity contribution in [1.29, 1.82) is 0 Å². The third-order valence-electron chi connectivity index (χ3n) is 4.99. The van der Waals surface area contributed by atoms with Crippen molar-refractivity contribution in [1.82, 2.24) is 5.32 Å². The molecule has 2 fully saturated rings. The molecule has 2 heterocycles. The SMILES string of the molecule is C1CCNC1.Cc1cc(N2CCCC2)ccc1NC(=O)c1ccc(F)cc1. The van der Waals surface area contributed by atoms with Crippen LogP contribution < -0.4 is 15.5 Å². The topological polar surface area (TPSA) is 44.4 Å². The van der Waals surface area contributed by atoms with Crippen LogP contribution in [0.25, 0.3) is 0 Å². The first kappa shape index (κ1) is 19.4. The van der Waals surface area contributed by atoms with E-state index < -0.39 is 0 Å². The summed E-state index contributed by atoms with van der Waals surface area (Å²) in [5.41, 5.74) is 3.47. The van der Waals surface area contributed by atoms with E-state index >= 15 is 0 Å². The predicted octanol–water partition coefficient (Wildman–Crippen LogP) is 4.36. The quantitative estimate of drug-likeness (QED) is 0.845. The van der Waals surface area contributed by atoms with Crippen LogP contribution in [0.2, 0.25) is 0 Å². The number of hydrogen-bond acceptors (Lipinski definition) is 3. The van der Waals surface area contributed by atoms with Crippen molar-refractivity contribution in [3.63, 3.8) is 0 Å². The van der Waals surface area contributed by atoms with E-state index in [0.29, 0.717) is 5.56 Å². The Balaban J connectivity index is 0.000000364. The van der Waals surface area contributed by atoms with Crippen LogP contribution >= 0.6 is 0 Å². The number of nitrogens with zero attached hydrogens (tertiary/aromatic N) is 1. The smallest absolute Gasteiger partial charge is 0.255 e. The summed E-state index contributed by atoms with van der Waals surface area (Å²) in [4.78, 5) is 14.5. The lowest BCUT2D eigenvalue weighted by Crippen LogP contribution is -2.18. The standard InChI is InChI=1S/C18H19FN2O.C4H9N/c1-13-12-16(21-10-2-3-11-21)8-9-17(13)20-18(22)14-4-6-15(19)7-5-14;1-2-4-5-3-1/h4-9,12H,2-3,10-11H2,1H3,(H,20,22);5H,1-4H2. The highest BCUT2D eigenvalue weighted by Gasteiger charge is 2.14. The normalized spacial score (nSPS) is 16.0. The van der Waals surface area contributed by atoms with E-state index in [1.54, 1.807) is 0 Å². The minimum Gasteiger partial charge on any atom is -0.372 e. The first-order valence-corrected chi connectivity index (χ1v) is 9.77. The zero-order chi connectivity index (χ0) is 19.1. The summed E-state index contributed by atoms with van der Waals surface area (Å²) in [7, 11) is 0. The number of hydrogen-bond donors (Lipinski definition) is 2. The number of aryl methyl sites for hydroxylation is 1. The monoisotopic (exact) mass is 369 g/mol. The number of carbonyl (C=O) groups is 1. The fourth-order valence-corrected chi connectivity index (χ4v) is 3.38. The summed E-state index contributed by atoms with van der Waals surface area (Å²) < 4.78 is 12.9. The van der Waals surface area contributed by atoms with Gasteiger partial charge >= 0.3 is 0 Å². The zero-order valence-electron chi connectivity index (χ0n) is 15.9. The van der Waals surface area contributed by atoms with E-state index in [9.17, 15) is 9.18 Å². The van der Waals surface area contributed by atoms with Gasteiger partial charge < -0.3 is 15.5 Å². The Morgan fingerprint density at radius 2 is 1.67 bits per heavy atom. The summed E-state index contributed by atoms with van der Waals surface area (Å²) in [6.45, 7) is 6.68. The molecule has 2 saturated heterocycles. The molecule has 2 aliphatic rings. The molecule has 0 radical (unpaired) electrons. The fraction of sp³-hybridized carbons (Fsp3) is 0.409. The Labute approximate surface area is 160 Å². The third kappa shape index (κ3) is 5.54. The molecule has 0 bridgehead atoms. The number of carbonyl (C=O) groups excluding carboxylic acids is 1. The van der Waals surface area contributed by atoms with Crippen LogP contribution in [-0.2, 0) is 0 Å². The first-order chi connectivity index (χ1) is 13.1. The largest absolute Gasteiger partial charge is 0.372 e. The van der Waals surface area contributed by atoms with E-state index in [1.807, 2.05) is 19.1 Å². The second-order valence-electron chi connectivity index (χ2n) is 7.11. The molecule has 27 heavy (non-hydrogen) atoms. The van der Waals surface area contributed by atoms with E-state index in [2.05, 4.69) is 21.6 Å². The third-order valence-corrected chi connectivity index (χ3v) is 4.99. The highest BCUT2D eigenvalue weighted by molar-refractivity contribution is 6.04. The molecule has 0 aliphatic carbocycles. The molecule has 2 aromatic rings. The van der Waals surface area contributed by atoms with Crippen molar-refractivity contribution in [2.75, 3.05) is 36.4 Å². The van der Waals surface area contributed by atoms with Gasteiger partial charge in [-0.3, -0.25) is 4.79 Å². The molecule has 4 rings (SSSR count). The molecule has 5 heteroatoms. The Morgan fingerprint density at radius 3 is 2.22 bits per heavy atom. The van der Waals surface area contributed by atoms with Gasteiger partial charge in [0.1, 0.15) is 5.82 Å². The summed E-state index contributed by atoms with van der Waals surface area (Å²) >= 11 is 0. The van der Waals surface area contributed by atoms with Crippen LogP contribution in [0.4, 0.5) is 15.8 Å². The van der Waals surface area contributed by atoms with Crippen molar-refractivity contribution in [2.24, 2.45) is 0 Å². The molecule has 2 aromatic carbocycles. The molecule has 0 unspecified atom stereocenters. The zero-order valence-corrected chi connectivity index (χ0v) is 15.9. The Kier molecular flexibility index (Phi) is 6.82. The Morgan fingerprint density at radius 1 is 1.00 bits per heavy atom. The van der Waals surface area contributed by atoms with Gasteiger partial charge in [-0.2, -0.15) is 0 Å². The van der Waals surface area contributed by atoms with Crippen LogP contribution in [0.1, 0.15) is 41.6 Å². The van der Waals surface area contributed by atoms with Crippen LogP contribution in [0.15, 0.2) is 42.5 Å². The number of benzene rings is 2. The van der Waals surface area contributed by atoms with Crippen LogP contribution in [0.3, 0.4) is 0 Å². The molecule has 2 N–H and O–H groups in total. The molecule has 0 atom stereocenters. The van der Waals surface area contributed by atoms with Crippen molar-refractivity contribution in [2.45, 2.75) is 32.6 Å². The lowest BCUT2D eigenvalue weighted by atomic mass is 10.1. The highest BCUT2D eigenvalue weighted by Crippen LogP contribution is 2.25. The summed E-state index contributed by atoms with van der Waals surface area (Å²) in [5.74, 6) is -0.570. The number of anilines is 2. The molecule has 144 valence electrons. The average molecular weight is 369 g/mol. The van der Waals surface area contributed by atoms with Crippen molar-refractivity contribution < 1.29 is 9.18 Å². The fourth-order valence-electron chi connectivity index (χ4n) is 3.38.